The molecule has 9 unspecified atom stereocenters. The molecule has 0 radical (unpaired) electrons. The number of carboxylic acid groups (broad SMARTS) is 1. The van der Waals surface area contributed by atoms with Crippen molar-refractivity contribution < 1.29 is 24.2 Å². The molecule has 4 N–H and O–H groups in total. The topological polar surface area (TPSA) is 119 Å². The Morgan fingerprint density at radius 3 is 2.45 bits per heavy atom. The van der Waals surface area contributed by atoms with Gasteiger partial charge in [0.25, 0.3) is 5.24 Å². The fraction of sp³-hybridized carbons (Fsp3) is 0.880. The van der Waals surface area contributed by atoms with Gasteiger partial charge >= 0.3 is 11.9 Å². The van der Waals surface area contributed by atoms with Gasteiger partial charge in [0, 0.05) is 24.1 Å². The first-order chi connectivity index (χ1) is 15.5. The fourth-order valence-electron chi connectivity index (χ4n) is 8.18. The third-order valence-electron chi connectivity index (χ3n) is 9.92. The summed E-state index contributed by atoms with van der Waals surface area (Å²) < 4.78 is 5.77. The largest absolute Gasteiger partial charge is 0.480 e. The van der Waals surface area contributed by atoms with Gasteiger partial charge in [-0.2, -0.15) is 0 Å². The van der Waals surface area contributed by atoms with Gasteiger partial charge in [0.2, 0.25) is 0 Å². The highest BCUT2D eigenvalue weighted by molar-refractivity contribution is 8.13. The Balaban J connectivity index is 1.36. The van der Waals surface area contributed by atoms with Crippen LogP contribution in [0.4, 0.5) is 4.79 Å². The van der Waals surface area contributed by atoms with Crippen LogP contribution in [0.15, 0.2) is 0 Å². The Kier molecular flexibility index (Phi) is 7.08. The van der Waals surface area contributed by atoms with Gasteiger partial charge in [-0.1, -0.05) is 25.6 Å². The molecule has 4 saturated carbocycles. The van der Waals surface area contributed by atoms with E-state index in [1.165, 1.54) is 32.6 Å². The van der Waals surface area contributed by atoms with Crippen molar-refractivity contribution in [2.75, 3.05) is 5.75 Å². The van der Waals surface area contributed by atoms with Crippen LogP contribution in [0.3, 0.4) is 0 Å². The summed E-state index contributed by atoms with van der Waals surface area (Å²) in [6, 6.07) is -0.854. The van der Waals surface area contributed by atoms with E-state index < -0.39 is 12.0 Å². The highest BCUT2D eigenvalue weighted by Crippen LogP contribution is 2.66. The smallest absolute Gasteiger partial charge is 0.321 e. The molecule has 0 spiro atoms. The summed E-state index contributed by atoms with van der Waals surface area (Å²) in [5, 5.41) is 11.9. The van der Waals surface area contributed by atoms with Gasteiger partial charge in [-0.05, 0) is 86.9 Å². The van der Waals surface area contributed by atoms with Gasteiger partial charge in [0.05, 0.1) is 0 Å². The molecule has 0 aromatic rings. The van der Waals surface area contributed by atoms with Crippen LogP contribution < -0.4 is 11.1 Å². The molecule has 4 fully saturated rings. The van der Waals surface area contributed by atoms with Gasteiger partial charge < -0.3 is 20.9 Å². The van der Waals surface area contributed by atoms with Gasteiger partial charge in [0.1, 0.15) is 12.1 Å². The third-order valence-corrected chi connectivity index (χ3v) is 10.8. The maximum atomic E-state index is 12.3. The van der Waals surface area contributed by atoms with E-state index >= 15 is 0 Å². The molecular weight excluding hydrogens is 440 g/mol. The van der Waals surface area contributed by atoms with Crippen LogP contribution in [0.1, 0.15) is 78.6 Å². The fourth-order valence-corrected chi connectivity index (χ4v) is 8.90. The molecule has 8 heteroatoms. The molecule has 4 aliphatic carbocycles. The molecule has 33 heavy (non-hydrogen) atoms. The molecule has 0 aromatic heterocycles. The van der Waals surface area contributed by atoms with Crippen molar-refractivity contribution in [2.24, 2.45) is 40.2 Å². The van der Waals surface area contributed by atoms with Crippen molar-refractivity contribution >= 4 is 28.9 Å². The number of esters is 1. The van der Waals surface area contributed by atoms with E-state index in [-0.39, 0.29) is 34.5 Å². The van der Waals surface area contributed by atoms with E-state index in [9.17, 15) is 14.4 Å². The van der Waals surface area contributed by atoms with Crippen LogP contribution in [0.25, 0.3) is 0 Å². The number of aliphatic carboxylic acids is 1. The Labute approximate surface area is 201 Å². The van der Waals surface area contributed by atoms with Crippen LogP contribution in [0, 0.1) is 34.5 Å². The summed E-state index contributed by atoms with van der Waals surface area (Å²) in [5.41, 5.74) is 5.95. The maximum absolute atomic E-state index is 12.3. The number of nitrogens with two attached hydrogens (primary N) is 1. The molecule has 0 saturated heterocycles. The minimum Gasteiger partial charge on any atom is -0.480 e. The number of rotatable bonds is 5. The Morgan fingerprint density at radius 1 is 1.06 bits per heavy atom. The van der Waals surface area contributed by atoms with Crippen molar-refractivity contribution in [3.8, 4) is 0 Å². The summed E-state index contributed by atoms with van der Waals surface area (Å²) in [6.07, 6.45) is 10.1. The van der Waals surface area contributed by atoms with Crippen LogP contribution >= 0.6 is 11.8 Å². The average molecular weight is 481 g/mol. The molecule has 9 atom stereocenters. The van der Waals surface area contributed by atoms with Crippen molar-refractivity contribution in [2.45, 2.75) is 96.7 Å². The van der Waals surface area contributed by atoms with Gasteiger partial charge in [-0.25, -0.2) is 0 Å². The lowest BCUT2D eigenvalue weighted by Crippen LogP contribution is -2.55. The Bertz CT molecular complexity index is 793. The van der Waals surface area contributed by atoms with Gasteiger partial charge in [-0.15, -0.1) is 0 Å². The second-order valence-corrected chi connectivity index (χ2v) is 12.5. The number of fused-ring (bicyclic) bond motifs is 5. The summed E-state index contributed by atoms with van der Waals surface area (Å²) in [7, 11) is 0. The van der Waals surface area contributed by atoms with E-state index in [4.69, 9.17) is 15.6 Å². The molecule has 7 nitrogen and oxygen atoms in total. The standard InChI is InChI=1S/C25H40N2O5S/c1-14(28)32-21-7-6-18-17-5-4-15-12-16(27-23(31)33-13-20(26)22(29)30)8-10-24(15,2)19(17)9-11-25(18,21)3/h15-21H,4-13,26H2,1-3H3,(H,27,31)(H,29,30). The second-order valence-electron chi connectivity index (χ2n) is 11.5. The number of amides is 1. The zero-order valence-electron chi connectivity index (χ0n) is 20.2. The third kappa shape index (κ3) is 4.66. The first-order valence-electron chi connectivity index (χ1n) is 12.6. The summed E-state index contributed by atoms with van der Waals surface area (Å²) in [4.78, 5) is 34.9. The average Bonchev–Trinajstić information content (AvgIpc) is 3.08. The number of ether oxygens (including phenoxy) is 1. The number of hydrogen-bond donors (Lipinski definition) is 3. The second kappa shape index (κ2) is 9.40. The lowest BCUT2D eigenvalue weighted by atomic mass is 9.45. The predicted octanol–water partition coefficient (Wildman–Crippen LogP) is 4.18. The lowest BCUT2D eigenvalue weighted by Gasteiger charge is -2.61. The summed E-state index contributed by atoms with van der Waals surface area (Å²) in [6.45, 7) is 6.39. The quantitative estimate of drug-likeness (QED) is 0.505. The number of carbonyl (C=O) groups excluding carboxylic acids is 2. The SMILES string of the molecule is CC(=O)OC1CCC2C3CCC4CC(NC(=O)SCC(N)C(=O)O)CCC4(C)C3CCC12C. The Morgan fingerprint density at radius 2 is 1.76 bits per heavy atom. The molecule has 0 bridgehead atoms. The van der Waals surface area contributed by atoms with Crippen molar-refractivity contribution in [1.29, 1.82) is 0 Å². The molecule has 4 aliphatic rings. The molecule has 0 heterocycles. The minimum atomic E-state index is -1.08. The van der Waals surface area contributed by atoms with Crippen LogP contribution in [0.2, 0.25) is 0 Å². The van der Waals surface area contributed by atoms with Crippen molar-refractivity contribution in [3.05, 3.63) is 0 Å². The Hall–Kier alpha value is -1.28. The number of carbonyl (C=O) groups is 3. The van der Waals surface area contributed by atoms with Crippen molar-refractivity contribution in [3.63, 3.8) is 0 Å². The number of nitrogens with one attached hydrogen (secondary N) is 1. The van der Waals surface area contributed by atoms with E-state index in [0.717, 1.165) is 43.9 Å². The first kappa shape index (κ1) is 24.8. The zero-order valence-corrected chi connectivity index (χ0v) is 21.0. The monoisotopic (exact) mass is 480 g/mol. The van der Waals surface area contributed by atoms with Crippen LogP contribution in [-0.4, -0.2) is 46.2 Å². The van der Waals surface area contributed by atoms with Crippen molar-refractivity contribution in [1.82, 2.24) is 5.32 Å². The van der Waals surface area contributed by atoms with E-state index in [1.54, 1.807) is 0 Å². The normalized spacial score (nSPS) is 42.9. The predicted molar refractivity (Wildman–Crippen MR) is 128 cm³/mol. The van der Waals surface area contributed by atoms with Crippen LogP contribution in [-0.2, 0) is 14.3 Å². The number of carboxylic acids is 1. The number of hydrogen-bond acceptors (Lipinski definition) is 6. The lowest BCUT2D eigenvalue weighted by molar-refractivity contribution is -0.161. The first-order valence-corrected chi connectivity index (χ1v) is 13.6. The molecule has 0 aromatic carbocycles. The van der Waals surface area contributed by atoms with Gasteiger partial charge in [0.15, 0.2) is 0 Å². The molecule has 1 amide bonds. The van der Waals surface area contributed by atoms with Crippen LogP contribution in [0.5, 0.6) is 0 Å². The highest BCUT2D eigenvalue weighted by Gasteiger charge is 2.61. The maximum Gasteiger partial charge on any atom is 0.321 e. The minimum absolute atomic E-state index is 0.0733. The van der Waals surface area contributed by atoms with E-state index in [1.807, 2.05) is 0 Å². The summed E-state index contributed by atoms with van der Waals surface area (Å²) >= 11 is 0.976. The molecular formula is C25H40N2O5S. The highest BCUT2D eigenvalue weighted by atomic mass is 32.2. The summed E-state index contributed by atoms with van der Waals surface area (Å²) in [5.74, 6) is 1.54. The van der Waals surface area contributed by atoms with E-state index in [2.05, 4.69) is 19.2 Å². The van der Waals surface area contributed by atoms with E-state index in [0.29, 0.717) is 29.1 Å². The van der Waals surface area contributed by atoms with Gasteiger partial charge in [-0.3, -0.25) is 14.4 Å². The molecule has 186 valence electrons. The zero-order chi connectivity index (χ0) is 24.0. The molecule has 0 aliphatic heterocycles. The molecule has 4 rings (SSSR count). The number of thioether (sulfide) groups is 1.